The first-order chi connectivity index (χ1) is 36.8. The predicted molar refractivity (Wildman–Crippen MR) is 298 cm³/mol. The number of hydrogen-bond acceptors (Lipinski definition) is 12. The summed E-state index contributed by atoms with van der Waals surface area (Å²) in [7, 11) is -6.63. The molecule has 76 heavy (non-hydrogen) atoms. The molecule has 0 atom stereocenters. The molecule has 7 aromatic carbocycles. The second-order valence-electron chi connectivity index (χ2n) is 18.9. The molecule has 9 aromatic rings. The Morgan fingerprint density at radius 2 is 1.22 bits per heavy atom. The Labute approximate surface area is 447 Å². The maximum absolute atomic E-state index is 13.9. The standard InChI is InChI=1S/C26H19ClN2O4S.C25H26N4O3S.C7H16N2/c1-33-26(30)19-12-13-23-22(15-19)25(28-29(23)16-17-6-4-9-20(27)14-17)34(31,32)24-11-5-8-18-7-2-3-10-21(18)24;30-24(26-13-16-29-14-4-1-5-15-29)19-11-12-22-21(17-19)25(28-27-22)33(31,32)23-10-6-8-18-7-2-3-9-20(18)23;8-4-7-9-5-2-1-3-6-9/h2-15H,16H2,1H3;2-3,6-12,17H,1,4-5,13-16H2,(H,26,30)(H,27,28);1-8H2. The van der Waals surface area contributed by atoms with Gasteiger partial charge in [0.05, 0.1) is 40.0 Å². The lowest BCUT2D eigenvalue weighted by atomic mass is 10.1. The zero-order valence-electron chi connectivity index (χ0n) is 42.3. The van der Waals surface area contributed by atoms with E-state index in [2.05, 4.69) is 30.4 Å². The first kappa shape index (κ1) is 53.8. The number of benzene rings is 7. The van der Waals surface area contributed by atoms with Crippen LogP contribution in [0.2, 0.25) is 5.02 Å². The lowest BCUT2D eigenvalue weighted by molar-refractivity contribution is 0.0600. The molecule has 0 bridgehead atoms. The molecular formula is C58H61ClN8O7S2. The number of H-pyrrole nitrogens is 1. The van der Waals surface area contributed by atoms with Crippen molar-refractivity contribution in [2.75, 3.05) is 59.5 Å². The lowest BCUT2D eigenvalue weighted by Gasteiger charge is -2.26. The molecule has 2 aliphatic rings. The summed E-state index contributed by atoms with van der Waals surface area (Å²) in [5.74, 6) is -0.776. The summed E-state index contributed by atoms with van der Waals surface area (Å²) in [6.45, 7) is 8.30. The van der Waals surface area contributed by atoms with Crippen molar-refractivity contribution in [3.8, 4) is 0 Å². The number of methoxy groups -OCH3 is 1. The summed E-state index contributed by atoms with van der Waals surface area (Å²) < 4.78 is 61.4. The molecule has 2 aliphatic heterocycles. The number of carbonyl (C=O) groups is 2. The molecule has 0 spiro atoms. The second kappa shape index (κ2) is 24.3. The van der Waals surface area contributed by atoms with Crippen LogP contribution in [0.3, 0.4) is 0 Å². The van der Waals surface area contributed by atoms with Crippen molar-refractivity contribution in [3.05, 3.63) is 167 Å². The number of nitrogens with one attached hydrogen (secondary N) is 2. The Bertz CT molecular complexity index is 3740. The summed E-state index contributed by atoms with van der Waals surface area (Å²) in [6.07, 6.45) is 7.86. The van der Waals surface area contributed by atoms with Crippen LogP contribution in [-0.2, 0) is 31.0 Å². The van der Waals surface area contributed by atoms with Gasteiger partial charge in [-0.05, 0) is 129 Å². The van der Waals surface area contributed by atoms with E-state index in [1.165, 1.54) is 64.8 Å². The van der Waals surface area contributed by atoms with E-state index in [1.54, 1.807) is 89.6 Å². The third kappa shape index (κ3) is 12.2. The number of rotatable bonds is 13. The predicted octanol–water partition coefficient (Wildman–Crippen LogP) is 9.71. The quantitative estimate of drug-likeness (QED) is 0.0924. The zero-order valence-corrected chi connectivity index (χ0v) is 44.7. The third-order valence-corrected chi connectivity index (χ3v) is 17.6. The van der Waals surface area contributed by atoms with Crippen molar-refractivity contribution in [2.45, 2.75) is 64.9 Å². The van der Waals surface area contributed by atoms with Crippen LogP contribution in [0.25, 0.3) is 43.4 Å². The monoisotopic (exact) mass is 1080 g/mol. The number of aromatic amines is 1. The number of halogens is 1. The number of piperidine rings is 2. The molecule has 0 unspecified atom stereocenters. The van der Waals surface area contributed by atoms with Crippen molar-refractivity contribution in [3.63, 3.8) is 0 Å². The molecular weight excluding hydrogens is 1020 g/mol. The van der Waals surface area contributed by atoms with Gasteiger partial charge in [0.15, 0.2) is 10.1 Å². The molecule has 394 valence electrons. The summed E-state index contributed by atoms with van der Waals surface area (Å²) in [5, 5.41) is 18.5. The van der Waals surface area contributed by atoms with Crippen LogP contribution in [0.15, 0.2) is 165 Å². The molecule has 4 N–H and O–H groups in total. The fraction of sp³-hybridized carbons (Fsp3) is 0.276. The number of carbonyl (C=O) groups excluding carboxylic acids is 2. The van der Waals surface area contributed by atoms with Gasteiger partial charge in [0.25, 0.3) is 5.91 Å². The molecule has 0 saturated carbocycles. The number of likely N-dealkylation sites (tertiary alicyclic amines) is 2. The van der Waals surface area contributed by atoms with Gasteiger partial charge in [0.2, 0.25) is 19.7 Å². The minimum Gasteiger partial charge on any atom is -0.465 e. The number of ether oxygens (including phenoxy) is 1. The Kier molecular flexibility index (Phi) is 17.2. The van der Waals surface area contributed by atoms with Crippen LogP contribution >= 0.6 is 11.6 Å². The Hall–Kier alpha value is -6.99. The molecule has 2 saturated heterocycles. The fourth-order valence-corrected chi connectivity index (χ4v) is 13.3. The molecule has 4 heterocycles. The number of nitrogens with zero attached hydrogens (tertiary/aromatic N) is 5. The van der Waals surface area contributed by atoms with Crippen LogP contribution in [-0.4, -0.2) is 118 Å². The van der Waals surface area contributed by atoms with E-state index >= 15 is 0 Å². The van der Waals surface area contributed by atoms with E-state index in [0.29, 0.717) is 56.3 Å². The minimum absolute atomic E-state index is 0.00294. The number of hydrogen-bond donors (Lipinski definition) is 3. The van der Waals surface area contributed by atoms with Gasteiger partial charge in [0.1, 0.15) is 0 Å². The molecule has 18 heteroatoms. The molecule has 2 fully saturated rings. The van der Waals surface area contributed by atoms with Gasteiger partial charge in [-0.3, -0.25) is 14.6 Å². The van der Waals surface area contributed by atoms with Gasteiger partial charge in [-0.15, -0.1) is 0 Å². The van der Waals surface area contributed by atoms with Gasteiger partial charge in [0, 0.05) is 58.3 Å². The van der Waals surface area contributed by atoms with Crippen molar-refractivity contribution < 1.29 is 31.2 Å². The molecule has 0 aliphatic carbocycles. The van der Waals surface area contributed by atoms with Crippen molar-refractivity contribution in [1.29, 1.82) is 0 Å². The molecule has 2 aromatic heterocycles. The van der Waals surface area contributed by atoms with E-state index < -0.39 is 25.6 Å². The number of esters is 1. The normalized spacial score (nSPS) is 14.5. The van der Waals surface area contributed by atoms with Crippen LogP contribution in [0.4, 0.5) is 0 Å². The summed E-state index contributed by atoms with van der Waals surface area (Å²) in [4.78, 5) is 30.1. The Morgan fingerprint density at radius 3 is 1.86 bits per heavy atom. The van der Waals surface area contributed by atoms with Crippen LogP contribution in [0.1, 0.15) is 64.8 Å². The number of aromatic nitrogens is 4. The largest absolute Gasteiger partial charge is 0.465 e. The molecule has 15 nitrogen and oxygen atoms in total. The van der Waals surface area contributed by atoms with E-state index in [1.807, 2.05) is 54.6 Å². The summed E-state index contributed by atoms with van der Waals surface area (Å²) >= 11 is 6.14. The molecule has 0 radical (unpaired) electrons. The van der Waals surface area contributed by atoms with E-state index in [4.69, 9.17) is 22.1 Å². The highest BCUT2D eigenvalue weighted by Gasteiger charge is 2.29. The highest BCUT2D eigenvalue weighted by Crippen LogP contribution is 2.34. The number of sulfone groups is 2. The fourth-order valence-electron chi connectivity index (χ4n) is 9.91. The van der Waals surface area contributed by atoms with Crippen molar-refractivity contribution in [2.24, 2.45) is 5.73 Å². The van der Waals surface area contributed by atoms with Crippen LogP contribution < -0.4 is 11.1 Å². The highest BCUT2D eigenvalue weighted by atomic mass is 35.5. The van der Waals surface area contributed by atoms with Crippen molar-refractivity contribution >= 4 is 86.5 Å². The lowest BCUT2D eigenvalue weighted by Crippen LogP contribution is -2.37. The second-order valence-corrected chi connectivity index (χ2v) is 23.0. The van der Waals surface area contributed by atoms with Crippen LogP contribution in [0.5, 0.6) is 0 Å². The zero-order chi connectivity index (χ0) is 53.2. The van der Waals surface area contributed by atoms with Gasteiger partial charge in [-0.2, -0.15) is 10.2 Å². The van der Waals surface area contributed by atoms with Gasteiger partial charge in [-0.25, -0.2) is 21.6 Å². The summed E-state index contributed by atoms with van der Waals surface area (Å²) in [5.41, 5.74) is 8.01. The smallest absolute Gasteiger partial charge is 0.337 e. The number of fused-ring (bicyclic) bond motifs is 4. The topological polar surface area (TPSA) is 203 Å². The van der Waals surface area contributed by atoms with Gasteiger partial charge in [-0.1, -0.05) is 109 Å². The molecule has 1 amide bonds. The number of amides is 1. The average Bonchev–Trinajstić information content (AvgIpc) is 4.11. The third-order valence-electron chi connectivity index (χ3n) is 13.8. The maximum Gasteiger partial charge on any atom is 0.337 e. The minimum atomic E-state index is -4.03. The van der Waals surface area contributed by atoms with Gasteiger partial charge < -0.3 is 25.6 Å². The number of nitrogens with two attached hydrogens (primary N) is 1. The molecule has 11 rings (SSSR count). The van der Waals surface area contributed by atoms with E-state index in [-0.39, 0.29) is 31.3 Å². The highest BCUT2D eigenvalue weighted by molar-refractivity contribution is 7.92. The maximum atomic E-state index is 13.9. The summed E-state index contributed by atoms with van der Waals surface area (Å²) in [6, 6.07) is 42.0. The van der Waals surface area contributed by atoms with Gasteiger partial charge >= 0.3 is 5.97 Å². The first-order valence-electron chi connectivity index (χ1n) is 25.6. The SMILES string of the molecule is COC(=O)c1ccc2c(c1)c(S(=O)(=O)c1cccc3ccccc13)nn2Cc1cccc(Cl)c1.NCCN1CCCCC1.O=C(NCCN1CCCCC1)c1ccc2n[nH]c(S(=O)(=O)c3cccc4ccccc34)c2c1. The van der Waals surface area contributed by atoms with E-state index in [0.717, 1.165) is 49.1 Å². The van der Waals surface area contributed by atoms with Crippen LogP contribution in [0, 0.1) is 0 Å². The Balaban J connectivity index is 0.000000160. The van der Waals surface area contributed by atoms with E-state index in [9.17, 15) is 26.4 Å². The Morgan fingerprint density at radius 1 is 0.645 bits per heavy atom. The average molecular weight is 1080 g/mol. The first-order valence-corrected chi connectivity index (χ1v) is 28.9. The van der Waals surface area contributed by atoms with Crippen molar-refractivity contribution in [1.82, 2.24) is 35.1 Å².